The predicted octanol–water partition coefficient (Wildman–Crippen LogP) is 4.10. The second-order valence-electron chi connectivity index (χ2n) is 6.61. The monoisotopic (exact) mass is 416 g/mol. The van der Waals surface area contributed by atoms with Gasteiger partial charge in [-0.05, 0) is 29.7 Å². The first kappa shape index (κ1) is 19.3. The first-order chi connectivity index (χ1) is 14.0. The molecular formula is C21H18F2N2O3S. The number of alkyl halides is 2. The zero-order chi connectivity index (χ0) is 20.4. The van der Waals surface area contributed by atoms with Gasteiger partial charge in [0, 0.05) is 30.9 Å². The number of carbonyl (C=O) groups is 2. The summed E-state index contributed by atoms with van der Waals surface area (Å²) in [6, 6.07) is 15.7. The molecule has 0 unspecified atom stereocenters. The van der Waals surface area contributed by atoms with E-state index in [1.807, 2.05) is 30.3 Å². The zero-order valence-electron chi connectivity index (χ0n) is 15.4. The number of piperazine rings is 1. The van der Waals surface area contributed by atoms with Crippen molar-refractivity contribution < 1.29 is 23.1 Å². The van der Waals surface area contributed by atoms with Crippen molar-refractivity contribution in [2.75, 3.05) is 26.2 Å². The van der Waals surface area contributed by atoms with E-state index in [0.29, 0.717) is 31.1 Å². The maximum absolute atomic E-state index is 12.8. The third-order valence-corrected chi connectivity index (χ3v) is 5.93. The molecule has 1 saturated heterocycles. The number of ether oxygens (including phenoxy) is 1. The topological polar surface area (TPSA) is 49.9 Å². The Hall–Kier alpha value is -3.00. The molecule has 1 aliphatic heterocycles. The summed E-state index contributed by atoms with van der Waals surface area (Å²) in [6.07, 6.45) is 0. The first-order valence-electron chi connectivity index (χ1n) is 9.14. The van der Waals surface area contributed by atoms with E-state index in [1.54, 1.807) is 15.9 Å². The fourth-order valence-electron chi connectivity index (χ4n) is 3.37. The summed E-state index contributed by atoms with van der Waals surface area (Å²) in [5.41, 5.74) is 0.0945. The van der Waals surface area contributed by atoms with Crippen LogP contribution in [0.25, 0.3) is 10.1 Å². The molecule has 29 heavy (non-hydrogen) atoms. The van der Waals surface area contributed by atoms with Crippen molar-refractivity contribution in [1.82, 2.24) is 9.80 Å². The molecule has 1 aliphatic rings. The van der Waals surface area contributed by atoms with Gasteiger partial charge >= 0.3 is 6.61 Å². The van der Waals surface area contributed by atoms with Gasteiger partial charge in [0.25, 0.3) is 11.8 Å². The summed E-state index contributed by atoms with van der Waals surface area (Å²) >= 11 is 1.45. The molecule has 2 heterocycles. The molecule has 0 spiro atoms. The van der Waals surface area contributed by atoms with E-state index < -0.39 is 6.61 Å². The lowest BCUT2D eigenvalue weighted by Gasteiger charge is -2.34. The summed E-state index contributed by atoms with van der Waals surface area (Å²) in [6.45, 7) is -1.57. The molecule has 1 fully saturated rings. The van der Waals surface area contributed by atoms with Crippen molar-refractivity contribution in [2.24, 2.45) is 0 Å². The molecule has 1 aromatic heterocycles. The number of nitrogens with zero attached hydrogens (tertiary/aromatic N) is 2. The lowest BCUT2D eigenvalue weighted by Crippen LogP contribution is -2.50. The standard InChI is InChI=1S/C21H18F2N2O3S/c22-21(23)28-16-7-3-2-6-15(16)19(26)24-9-11-25(12-10-24)20(27)18-13-14-5-1-4-8-17(14)29-18/h1-8,13,21H,9-12H2. The molecule has 0 radical (unpaired) electrons. The molecule has 0 aliphatic carbocycles. The summed E-state index contributed by atoms with van der Waals surface area (Å²) < 4.78 is 30.7. The highest BCUT2D eigenvalue weighted by Gasteiger charge is 2.28. The quantitative estimate of drug-likeness (QED) is 0.644. The second-order valence-corrected chi connectivity index (χ2v) is 7.69. The van der Waals surface area contributed by atoms with E-state index >= 15 is 0 Å². The summed E-state index contributed by atoms with van der Waals surface area (Å²) in [4.78, 5) is 29.5. The maximum atomic E-state index is 12.8. The number of para-hydroxylation sites is 1. The van der Waals surface area contributed by atoms with Crippen LogP contribution in [0.15, 0.2) is 54.6 Å². The first-order valence-corrected chi connectivity index (χ1v) is 9.95. The van der Waals surface area contributed by atoms with E-state index in [-0.39, 0.29) is 23.1 Å². The largest absolute Gasteiger partial charge is 0.434 e. The fourth-order valence-corrected chi connectivity index (χ4v) is 4.40. The van der Waals surface area contributed by atoms with E-state index in [0.717, 1.165) is 10.1 Å². The predicted molar refractivity (Wildman–Crippen MR) is 107 cm³/mol. The van der Waals surface area contributed by atoms with Gasteiger partial charge in [-0.2, -0.15) is 8.78 Å². The van der Waals surface area contributed by atoms with Crippen LogP contribution >= 0.6 is 11.3 Å². The zero-order valence-corrected chi connectivity index (χ0v) is 16.2. The van der Waals surface area contributed by atoms with E-state index in [9.17, 15) is 18.4 Å². The Morgan fingerprint density at radius 3 is 2.21 bits per heavy atom. The maximum Gasteiger partial charge on any atom is 0.387 e. The third-order valence-electron chi connectivity index (χ3n) is 4.82. The minimum atomic E-state index is -3.00. The Bertz CT molecular complexity index is 1010. The van der Waals surface area contributed by atoms with E-state index in [2.05, 4.69) is 4.74 Å². The summed E-state index contributed by atoms with van der Waals surface area (Å²) in [5.74, 6) is -0.578. The summed E-state index contributed by atoms with van der Waals surface area (Å²) in [5, 5.41) is 1.03. The number of carbonyl (C=O) groups excluding carboxylic acids is 2. The van der Waals surface area contributed by atoms with Crippen LogP contribution in [0, 0.1) is 0 Å². The SMILES string of the molecule is O=C(c1cc2ccccc2s1)N1CCN(C(=O)c2ccccc2OC(F)F)CC1. The van der Waals surface area contributed by atoms with Crippen LogP contribution in [0.4, 0.5) is 8.78 Å². The van der Waals surface area contributed by atoms with Crippen LogP contribution in [-0.2, 0) is 0 Å². The average molecular weight is 416 g/mol. The number of thiophene rings is 1. The van der Waals surface area contributed by atoms with Crippen molar-refractivity contribution >= 4 is 33.2 Å². The van der Waals surface area contributed by atoms with Gasteiger partial charge in [-0.15, -0.1) is 11.3 Å². The van der Waals surface area contributed by atoms with Crippen LogP contribution in [0.1, 0.15) is 20.0 Å². The highest BCUT2D eigenvalue weighted by atomic mass is 32.1. The molecule has 8 heteroatoms. The molecule has 0 bridgehead atoms. The van der Waals surface area contributed by atoms with Crippen LogP contribution < -0.4 is 4.74 Å². The van der Waals surface area contributed by atoms with Gasteiger partial charge in [0.15, 0.2) is 0 Å². The van der Waals surface area contributed by atoms with Gasteiger partial charge in [-0.3, -0.25) is 9.59 Å². The molecular weight excluding hydrogens is 398 g/mol. The molecule has 2 amide bonds. The number of rotatable bonds is 4. The Morgan fingerprint density at radius 2 is 1.52 bits per heavy atom. The van der Waals surface area contributed by atoms with Crippen molar-refractivity contribution in [3.63, 3.8) is 0 Å². The molecule has 150 valence electrons. The van der Waals surface area contributed by atoms with Gasteiger partial charge in [-0.1, -0.05) is 30.3 Å². The normalized spacial score (nSPS) is 14.4. The lowest BCUT2D eigenvalue weighted by atomic mass is 10.1. The Kier molecular flexibility index (Phi) is 5.44. The van der Waals surface area contributed by atoms with Gasteiger partial charge in [0.2, 0.25) is 0 Å². The minimum Gasteiger partial charge on any atom is -0.434 e. The highest BCUT2D eigenvalue weighted by Crippen LogP contribution is 2.27. The van der Waals surface area contributed by atoms with E-state index in [1.165, 1.54) is 29.5 Å². The number of amides is 2. The number of fused-ring (bicyclic) bond motifs is 1. The molecule has 2 aromatic carbocycles. The number of hydrogen-bond donors (Lipinski definition) is 0. The molecule has 3 aromatic rings. The number of hydrogen-bond acceptors (Lipinski definition) is 4. The second kappa shape index (κ2) is 8.16. The Balaban J connectivity index is 1.43. The van der Waals surface area contributed by atoms with Gasteiger partial charge in [0.1, 0.15) is 5.75 Å². The van der Waals surface area contributed by atoms with Crippen LogP contribution in [0.3, 0.4) is 0 Å². The molecule has 4 rings (SSSR count). The fraction of sp³-hybridized carbons (Fsp3) is 0.238. The Labute approximate surface area is 170 Å². The smallest absolute Gasteiger partial charge is 0.387 e. The van der Waals surface area contributed by atoms with E-state index in [4.69, 9.17) is 0 Å². The van der Waals surface area contributed by atoms with Crippen molar-refractivity contribution in [3.8, 4) is 5.75 Å². The third kappa shape index (κ3) is 4.07. The van der Waals surface area contributed by atoms with Crippen LogP contribution in [-0.4, -0.2) is 54.4 Å². The van der Waals surface area contributed by atoms with Gasteiger partial charge in [0.05, 0.1) is 10.4 Å². The Morgan fingerprint density at radius 1 is 0.897 bits per heavy atom. The number of halogens is 2. The lowest BCUT2D eigenvalue weighted by molar-refractivity contribution is -0.0503. The molecule has 0 atom stereocenters. The molecule has 0 saturated carbocycles. The molecule has 5 nitrogen and oxygen atoms in total. The van der Waals surface area contributed by atoms with Gasteiger partial charge < -0.3 is 14.5 Å². The summed E-state index contributed by atoms with van der Waals surface area (Å²) in [7, 11) is 0. The van der Waals surface area contributed by atoms with Crippen LogP contribution in [0.5, 0.6) is 5.75 Å². The van der Waals surface area contributed by atoms with Gasteiger partial charge in [-0.25, -0.2) is 0 Å². The van der Waals surface area contributed by atoms with Crippen molar-refractivity contribution in [1.29, 1.82) is 0 Å². The number of benzene rings is 2. The van der Waals surface area contributed by atoms with Crippen molar-refractivity contribution in [2.45, 2.75) is 6.61 Å². The van der Waals surface area contributed by atoms with Crippen LogP contribution in [0.2, 0.25) is 0 Å². The highest BCUT2D eigenvalue weighted by molar-refractivity contribution is 7.20. The van der Waals surface area contributed by atoms with Crippen molar-refractivity contribution in [3.05, 3.63) is 65.0 Å². The minimum absolute atomic E-state index is 0.0558. The average Bonchev–Trinajstić information content (AvgIpc) is 3.17. The molecule has 0 N–H and O–H groups in total.